The molecule has 7 heteroatoms. The number of carbonyl (C=O) groups is 3. The van der Waals surface area contributed by atoms with Crippen molar-refractivity contribution in [3.63, 3.8) is 0 Å². The van der Waals surface area contributed by atoms with Gasteiger partial charge in [0.1, 0.15) is 12.2 Å². The van der Waals surface area contributed by atoms with E-state index < -0.39 is 24.3 Å². The molecule has 0 unspecified atom stereocenters. The number of hydrogen-bond donors (Lipinski definition) is 3. The van der Waals surface area contributed by atoms with Crippen molar-refractivity contribution in [3.05, 3.63) is 75.9 Å². The number of carboxylic acids is 1. The van der Waals surface area contributed by atoms with Gasteiger partial charge in [0.2, 0.25) is 0 Å². The van der Waals surface area contributed by atoms with Gasteiger partial charge in [0.05, 0.1) is 0 Å². The van der Waals surface area contributed by atoms with Crippen LogP contribution in [0.1, 0.15) is 15.9 Å². The molecule has 0 aliphatic rings. The summed E-state index contributed by atoms with van der Waals surface area (Å²) >= 11 is 3.28. The third kappa shape index (κ3) is 5.89. The number of nitrogens with one attached hydrogen (secondary N) is 2. The topological polar surface area (TPSA) is 95.5 Å². The zero-order valence-corrected chi connectivity index (χ0v) is 14.6. The fourth-order valence-electron chi connectivity index (χ4n) is 1.95. The zero-order chi connectivity index (χ0) is 18.2. The average molecular weight is 403 g/mol. The summed E-state index contributed by atoms with van der Waals surface area (Å²) in [6.07, 6.45) is 1.48. The molecule has 0 radical (unpaired) electrons. The summed E-state index contributed by atoms with van der Waals surface area (Å²) in [6.45, 7) is -0.544. The first-order valence-electron chi connectivity index (χ1n) is 7.29. The highest BCUT2D eigenvalue weighted by Crippen LogP contribution is 2.12. The van der Waals surface area contributed by atoms with Gasteiger partial charge in [-0.25, -0.2) is 0 Å². The molecule has 2 amide bonds. The molecule has 0 aliphatic heterocycles. The smallest absolute Gasteiger partial charge is 0.322 e. The van der Waals surface area contributed by atoms with Crippen LogP contribution < -0.4 is 10.6 Å². The van der Waals surface area contributed by atoms with Gasteiger partial charge in [-0.15, -0.1) is 0 Å². The molecule has 2 aromatic carbocycles. The number of benzene rings is 2. The molecule has 128 valence electrons. The molecule has 0 spiro atoms. The number of amides is 2. The largest absolute Gasteiger partial charge is 0.480 e. The molecule has 0 saturated heterocycles. The van der Waals surface area contributed by atoms with Crippen LogP contribution in [-0.4, -0.2) is 29.4 Å². The lowest BCUT2D eigenvalue weighted by Gasteiger charge is -2.10. The second-order valence-corrected chi connectivity index (χ2v) is 5.93. The van der Waals surface area contributed by atoms with Gasteiger partial charge in [0.25, 0.3) is 11.8 Å². The van der Waals surface area contributed by atoms with Gasteiger partial charge >= 0.3 is 5.97 Å². The Kier molecular flexibility index (Phi) is 6.47. The number of halogens is 1. The fraction of sp³-hybridized carbons (Fsp3) is 0.0556. The number of aliphatic carboxylic acids is 1. The maximum atomic E-state index is 12.4. The van der Waals surface area contributed by atoms with Crippen LogP contribution in [-0.2, 0) is 9.59 Å². The highest BCUT2D eigenvalue weighted by molar-refractivity contribution is 9.10. The Balaban J connectivity index is 2.25. The molecule has 0 aliphatic carbocycles. The van der Waals surface area contributed by atoms with E-state index in [0.717, 1.165) is 4.47 Å². The van der Waals surface area contributed by atoms with Crippen molar-refractivity contribution in [2.45, 2.75) is 0 Å². The van der Waals surface area contributed by atoms with Gasteiger partial charge in [-0.1, -0.05) is 52.3 Å². The molecule has 2 aromatic rings. The third-order valence-corrected chi connectivity index (χ3v) is 3.58. The first-order chi connectivity index (χ1) is 12.0. The van der Waals surface area contributed by atoms with E-state index >= 15 is 0 Å². The summed E-state index contributed by atoms with van der Waals surface area (Å²) in [5.41, 5.74) is 1.01. The first-order valence-corrected chi connectivity index (χ1v) is 8.08. The molecule has 0 bridgehead atoms. The van der Waals surface area contributed by atoms with Gasteiger partial charge in [0, 0.05) is 10.0 Å². The van der Waals surface area contributed by atoms with E-state index in [2.05, 4.69) is 26.6 Å². The van der Waals surface area contributed by atoms with E-state index in [0.29, 0.717) is 11.1 Å². The number of hydrogen-bond acceptors (Lipinski definition) is 3. The molecule has 0 atom stereocenters. The Morgan fingerprint density at radius 3 is 2.40 bits per heavy atom. The summed E-state index contributed by atoms with van der Waals surface area (Å²) in [7, 11) is 0. The van der Waals surface area contributed by atoms with E-state index in [1.54, 1.807) is 48.5 Å². The van der Waals surface area contributed by atoms with Crippen molar-refractivity contribution in [3.8, 4) is 0 Å². The molecule has 0 aromatic heterocycles. The molecule has 0 fully saturated rings. The van der Waals surface area contributed by atoms with Crippen LogP contribution in [0.5, 0.6) is 0 Å². The van der Waals surface area contributed by atoms with Crippen LogP contribution in [0.3, 0.4) is 0 Å². The highest BCUT2D eigenvalue weighted by Gasteiger charge is 2.15. The normalized spacial score (nSPS) is 10.8. The second-order valence-electron chi connectivity index (χ2n) is 5.01. The zero-order valence-electron chi connectivity index (χ0n) is 13.0. The van der Waals surface area contributed by atoms with Crippen molar-refractivity contribution >= 4 is 39.8 Å². The van der Waals surface area contributed by atoms with E-state index in [1.165, 1.54) is 6.08 Å². The van der Waals surface area contributed by atoms with Crippen molar-refractivity contribution in [2.24, 2.45) is 0 Å². The highest BCUT2D eigenvalue weighted by atomic mass is 79.9. The Hall–Kier alpha value is -2.93. The Labute approximate surface area is 152 Å². The number of rotatable bonds is 6. The Morgan fingerprint density at radius 1 is 1.04 bits per heavy atom. The van der Waals surface area contributed by atoms with Crippen LogP contribution in [0.15, 0.2) is 64.8 Å². The first kappa shape index (κ1) is 18.4. The second kappa shape index (κ2) is 8.79. The minimum atomic E-state index is -1.18. The summed E-state index contributed by atoms with van der Waals surface area (Å²) in [4.78, 5) is 35.2. The SMILES string of the molecule is O=C(O)CNC(=O)/C(=C/c1ccccc1)NC(=O)c1cccc(Br)c1. The molecule has 6 nitrogen and oxygen atoms in total. The molecular formula is C18H15BrN2O4. The lowest BCUT2D eigenvalue weighted by atomic mass is 10.1. The van der Waals surface area contributed by atoms with Crippen molar-refractivity contribution in [2.75, 3.05) is 6.54 Å². The van der Waals surface area contributed by atoms with Gasteiger partial charge in [-0.3, -0.25) is 14.4 Å². The minimum Gasteiger partial charge on any atom is -0.480 e. The summed E-state index contributed by atoms with van der Waals surface area (Å²) in [5.74, 6) is -2.34. The van der Waals surface area contributed by atoms with E-state index in [9.17, 15) is 14.4 Å². The van der Waals surface area contributed by atoms with E-state index in [-0.39, 0.29) is 5.70 Å². The molecular weight excluding hydrogens is 388 g/mol. The fourth-order valence-corrected chi connectivity index (χ4v) is 2.35. The van der Waals surface area contributed by atoms with Crippen molar-refractivity contribution in [1.82, 2.24) is 10.6 Å². The van der Waals surface area contributed by atoms with Crippen LogP contribution in [0.25, 0.3) is 6.08 Å². The van der Waals surface area contributed by atoms with Crippen molar-refractivity contribution < 1.29 is 19.5 Å². The summed E-state index contributed by atoms with van der Waals surface area (Å²) in [5, 5.41) is 13.5. The van der Waals surface area contributed by atoms with E-state index in [4.69, 9.17) is 5.11 Å². The maximum Gasteiger partial charge on any atom is 0.322 e. The lowest BCUT2D eigenvalue weighted by molar-refractivity contribution is -0.137. The number of carbonyl (C=O) groups excluding carboxylic acids is 2. The Bertz CT molecular complexity index is 819. The molecule has 2 rings (SSSR count). The summed E-state index contributed by atoms with van der Waals surface area (Å²) < 4.78 is 0.726. The monoisotopic (exact) mass is 402 g/mol. The Morgan fingerprint density at radius 2 is 1.76 bits per heavy atom. The van der Waals surface area contributed by atoms with E-state index in [1.807, 2.05) is 6.07 Å². The molecule has 25 heavy (non-hydrogen) atoms. The van der Waals surface area contributed by atoms with Gasteiger partial charge in [-0.2, -0.15) is 0 Å². The minimum absolute atomic E-state index is 0.0441. The number of carboxylic acid groups (broad SMARTS) is 1. The predicted octanol–water partition coefficient (Wildman–Crippen LogP) is 2.42. The quantitative estimate of drug-likeness (QED) is 0.646. The van der Waals surface area contributed by atoms with Crippen LogP contribution in [0, 0.1) is 0 Å². The van der Waals surface area contributed by atoms with Crippen molar-refractivity contribution in [1.29, 1.82) is 0 Å². The average Bonchev–Trinajstić information content (AvgIpc) is 2.60. The van der Waals surface area contributed by atoms with Crippen LogP contribution >= 0.6 is 15.9 Å². The molecule has 3 N–H and O–H groups in total. The van der Waals surface area contributed by atoms with Gasteiger partial charge in [-0.05, 0) is 29.8 Å². The molecule has 0 heterocycles. The van der Waals surface area contributed by atoms with Crippen LogP contribution in [0.4, 0.5) is 0 Å². The maximum absolute atomic E-state index is 12.4. The van der Waals surface area contributed by atoms with Crippen LogP contribution in [0.2, 0.25) is 0 Å². The third-order valence-electron chi connectivity index (χ3n) is 3.09. The predicted molar refractivity (Wildman–Crippen MR) is 96.7 cm³/mol. The summed E-state index contributed by atoms with van der Waals surface area (Å²) in [6, 6.07) is 15.6. The van der Waals surface area contributed by atoms with Gasteiger partial charge < -0.3 is 15.7 Å². The van der Waals surface area contributed by atoms with Gasteiger partial charge in [0.15, 0.2) is 0 Å². The lowest BCUT2D eigenvalue weighted by Crippen LogP contribution is -2.37. The molecule has 0 saturated carbocycles. The standard InChI is InChI=1S/C18H15BrN2O4/c19-14-8-4-7-13(10-14)17(24)21-15(18(25)20-11-16(22)23)9-12-5-2-1-3-6-12/h1-10H,11H2,(H,20,25)(H,21,24)(H,22,23)/b15-9-.